The molecule has 3 aromatic rings. The van der Waals surface area contributed by atoms with Gasteiger partial charge in [0, 0.05) is 22.3 Å². The first-order chi connectivity index (χ1) is 17.2. The minimum Gasteiger partial charge on any atom is -0.315 e. The Morgan fingerprint density at radius 1 is 0.833 bits per heavy atom. The van der Waals surface area contributed by atoms with E-state index < -0.39 is 23.2 Å². The zero-order valence-corrected chi connectivity index (χ0v) is 22.1. The fraction of sp³-hybridized carbons (Fsp3) is 0.423. The van der Waals surface area contributed by atoms with Crippen molar-refractivity contribution in [2.45, 2.75) is 64.6 Å². The van der Waals surface area contributed by atoms with Crippen molar-refractivity contribution in [3.8, 4) is 5.69 Å². The van der Waals surface area contributed by atoms with Crippen LogP contribution in [0.15, 0.2) is 62.6 Å². The van der Waals surface area contributed by atoms with Crippen LogP contribution in [0, 0.1) is 0 Å². The van der Waals surface area contributed by atoms with Crippen molar-refractivity contribution in [1.29, 1.82) is 0 Å². The molecule has 0 unspecified atom stereocenters. The molecule has 1 aromatic heterocycles. The molecule has 2 heterocycles. The third-order valence-electron chi connectivity index (χ3n) is 6.64. The summed E-state index contributed by atoms with van der Waals surface area (Å²) in [5, 5.41) is 0.994. The number of carbonyl (C=O) groups excluding carboxylic acids is 1. The Morgan fingerprint density at radius 2 is 1.39 bits per heavy atom. The summed E-state index contributed by atoms with van der Waals surface area (Å²) in [6.07, 6.45) is 4.31. The molecule has 1 aliphatic heterocycles. The molecular formula is C26H30Cl2N4O4. The highest BCUT2D eigenvalue weighted by molar-refractivity contribution is 6.30. The van der Waals surface area contributed by atoms with Crippen molar-refractivity contribution >= 4 is 34.9 Å². The molecule has 0 aliphatic carbocycles. The van der Waals surface area contributed by atoms with Crippen LogP contribution in [0.1, 0.15) is 59.0 Å². The summed E-state index contributed by atoms with van der Waals surface area (Å²) < 4.78 is 7.45. The number of urea groups is 1. The van der Waals surface area contributed by atoms with Crippen LogP contribution >= 0.6 is 23.2 Å². The van der Waals surface area contributed by atoms with E-state index in [-0.39, 0.29) is 6.03 Å². The Hall–Kier alpha value is -2.97. The first-order valence-electron chi connectivity index (χ1n) is 12.1. The number of hydrogen-bond acceptors (Lipinski definition) is 4. The Balaban J connectivity index is 1.78. The van der Waals surface area contributed by atoms with Crippen LogP contribution in [0.2, 0.25) is 10.0 Å². The van der Waals surface area contributed by atoms with Crippen LogP contribution in [-0.4, -0.2) is 32.3 Å². The monoisotopic (exact) mass is 532 g/mol. The Labute approximate surface area is 219 Å². The van der Waals surface area contributed by atoms with Gasteiger partial charge in [-0.2, -0.15) is 4.57 Å². The predicted octanol–water partition coefficient (Wildman–Crippen LogP) is 6.09. The lowest BCUT2D eigenvalue weighted by molar-refractivity contribution is 0.0958. The lowest BCUT2D eigenvalue weighted by Crippen LogP contribution is -2.47. The van der Waals surface area contributed by atoms with Crippen molar-refractivity contribution in [3.63, 3.8) is 0 Å². The normalized spacial score (nSPS) is 17.2. The minimum absolute atomic E-state index is 0.267. The molecular weight excluding hydrogens is 503 g/mol. The van der Waals surface area contributed by atoms with Gasteiger partial charge in [-0.05, 0) is 68.8 Å². The summed E-state index contributed by atoms with van der Waals surface area (Å²) in [5.41, 5.74) is -0.681. The highest BCUT2D eigenvalue weighted by Crippen LogP contribution is 2.42. The standard InChI is InChI=1S/C26H30Cl2N4O4/c1-4-5-6-7-8-17-29-23(33)30(20-13-9-18(27)10-14-20)22(26(29,2)3)32-24(34)31(25(35)36-32)21-15-11-19(28)12-16-21/h9-16,22H,4-8,17H2,1-3H3/t22-/m0/s1. The average Bonchev–Trinajstić information content (AvgIpc) is 3.23. The molecule has 0 spiro atoms. The van der Waals surface area contributed by atoms with Crippen molar-refractivity contribution < 1.29 is 9.32 Å². The first-order valence-corrected chi connectivity index (χ1v) is 12.9. The van der Waals surface area contributed by atoms with E-state index >= 15 is 0 Å². The third kappa shape index (κ3) is 4.84. The molecule has 8 nitrogen and oxygen atoms in total. The summed E-state index contributed by atoms with van der Waals surface area (Å²) in [6.45, 7) is 6.43. The maximum Gasteiger partial charge on any atom is 0.447 e. The van der Waals surface area contributed by atoms with Gasteiger partial charge in [-0.15, -0.1) is 4.74 Å². The Bertz CT molecular complexity index is 1330. The minimum atomic E-state index is -0.907. The van der Waals surface area contributed by atoms with Crippen LogP contribution in [0.4, 0.5) is 10.5 Å². The lowest BCUT2D eigenvalue weighted by atomic mass is 9.99. The van der Waals surface area contributed by atoms with E-state index in [0.717, 1.165) is 41.4 Å². The third-order valence-corrected chi connectivity index (χ3v) is 7.15. The van der Waals surface area contributed by atoms with Crippen molar-refractivity contribution in [3.05, 3.63) is 79.6 Å². The number of nitrogens with zero attached hydrogens (tertiary/aromatic N) is 4. The summed E-state index contributed by atoms with van der Waals surface area (Å²) in [4.78, 5) is 43.4. The van der Waals surface area contributed by atoms with Crippen molar-refractivity contribution in [1.82, 2.24) is 14.2 Å². The van der Waals surface area contributed by atoms with E-state index in [2.05, 4.69) is 6.92 Å². The zero-order valence-electron chi connectivity index (χ0n) is 20.6. The molecule has 0 radical (unpaired) electrons. The molecule has 1 aliphatic rings. The molecule has 0 N–H and O–H groups in total. The Kier molecular flexibility index (Phi) is 7.66. The van der Waals surface area contributed by atoms with Gasteiger partial charge in [-0.3, -0.25) is 4.90 Å². The van der Waals surface area contributed by atoms with Gasteiger partial charge >= 0.3 is 17.5 Å². The van der Waals surface area contributed by atoms with Gasteiger partial charge in [0.15, 0.2) is 6.17 Å². The first kappa shape index (κ1) is 26.1. The van der Waals surface area contributed by atoms with Crippen LogP contribution < -0.4 is 16.3 Å². The van der Waals surface area contributed by atoms with Gasteiger partial charge in [0.25, 0.3) is 0 Å². The molecule has 0 saturated carbocycles. The zero-order chi connectivity index (χ0) is 26.0. The lowest BCUT2D eigenvalue weighted by Gasteiger charge is -2.34. The number of halogens is 2. The fourth-order valence-electron chi connectivity index (χ4n) is 4.74. The van der Waals surface area contributed by atoms with E-state index in [1.807, 2.05) is 13.8 Å². The molecule has 10 heteroatoms. The number of carbonyl (C=O) groups is 1. The smallest absolute Gasteiger partial charge is 0.315 e. The van der Waals surface area contributed by atoms with Gasteiger partial charge in [0.2, 0.25) is 0 Å². The number of anilines is 1. The molecule has 1 fully saturated rings. The van der Waals surface area contributed by atoms with Gasteiger partial charge in [0.1, 0.15) is 0 Å². The average molecular weight is 533 g/mol. The van der Waals surface area contributed by atoms with Crippen molar-refractivity contribution in [2.24, 2.45) is 0 Å². The molecule has 2 aromatic carbocycles. The molecule has 4 rings (SSSR count). The van der Waals surface area contributed by atoms with Crippen LogP contribution in [0.25, 0.3) is 5.69 Å². The number of aromatic nitrogens is 2. The second-order valence-corrected chi connectivity index (χ2v) is 10.4. The van der Waals surface area contributed by atoms with Crippen LogP contribution in [-0.2, 0) is 0 Å². The molecule has 2 amide bonds. The second kappa shape index (κ2) is 10.6. The van der Waals surface area contributed by atoms with Crippen LogP contribution in [0.5, 0.6) is 0 Å². The molecule has 192 valence electrons. The summed E-state index contributed by atoms with van der Waals surface area (Å²) in [5.74, 6) is -0.848. The second-order valence-electron chi connectivity index (χ2n) is 9.50. The maximum atomic E-state index is 13.8. The van der Waals surface area contributed by atoms with E-state index in [0.29, 0.717) is 28.0 Å². The number of hydrogen-bond donors (Lipinski definition) is 0. The number of rotatable bonds is 9. The summed E-state index contributed by atoms with van der Waals surface area (Å²) in [6, 6.07) is 12.8. The van der Waals surface area contributed by atoms with E-state index in [1.54, 1.807) is 53.4 Å². The van der Waals surface area contributed by atoms with Gasteiger partial charge < -0.3 is 9.42 Å². The topological polar surface area (TPSA) is 80.7 Å². The number of unbranched alkanes of at least 4 members (excludes halogenated alkanes) is 4. The highest BCUT2D eigenvalue weighted by atomic mass is 35.5. The predicted molar refractivity (Wildman–Crippen MR) is 141 cm³/mol. The van der Waals surface area contributed by atoms with Gasteiger partial charge in [-0.25, -0.2) is 14.4 Å². The van der Waals surface area contributed by atoms with E-state index in [4.69, 9.17) is 27.7 Å². The molecule has 36 heavy (non-hydrogen) atoms. The number of benzene rings is 2. The fourth-order valence-corrected chi connectivity index (χ4v) is 4.99. The summed E-state index contributed by atoms with van der Waals surface area (Å²) >= 11 is 12.1. The highest BCUT2D eigenvalue weighted by Gasteiger charge is 2.54. The van der Waals surface area contributed by atoms with Crippen LogP contribution in [0.3, 0.4) is 0 Å². The summed E-state index contributed by atoms with van der Waals surface area (Å²) in [7, 11) is 0. The van der Waals surface area contributed by atoms with E-state index in [1.165, 1.54) is 4.90 Å². The molecule has 1 atom stereocenters. The van der Waals surface area contributed by atoms with E-state index in [9.17, 15) is 14.4 Å². The maximum absolute atomic E-state index is 13.8. The SMILES string of the molecule is CCCCCCCN1C(=O)N(c2ccc(Cl)cc2)[C@@H](n2oc(=O)n(-c3ccc(Cl)cc3)c2=O)C1(C)C. The molecule has 0 bridgehead atoms. The quantitative estimate of drug-likeness (QED) is 0.312. The number of amides is 2. The van der Waals surface area contributed by atoms with Gasteiger partial charge in [-0.1, -0.05) is 55.8 Å². The molecule has 1 saturated heterocycles. The largest absolute Gasteiger partial charge is 0.447 e. The van der Waals surface area contributed by atoms with Crippen molar-refractivity contribution in [2.75, 3.05) is 11.4 Å². The van der Waals surface area contributed by atoms with Gasteiger partial charge in [0.05, 0.1) is 11.2 Å². The Morgan fingerprint density at radius 3 is 1.97 bits per heavy atom.